The van der Waals surface area contributed by atoms with E-state index in [0.29, 0.717) is 35.6 Å². The van der Waals surface area contributed by atoms with Gasteiger partial charge in [-0.15, -0.1) is 0 Å². The molecule has 0 unspecified atom stereocenters. The smallest absolute Gasteiger partial charge is 0.276 e. The van der Waals surface area contributed by atoms with Gasteiger partial charge in [-0.25, -0.2) is 18.1 Å². The molecule has 14 nitrogen and oxygen atoms in total. The Labute approximate surface area is 379 Å². The van der Waals surface area contributed by atoms with Gasteiger partial charge in [0.2, 0.25) is 0 Å². The number of hydrogen-bond acceptors (Lipinski definition) is 11. The lowest BCUT2D eigenvalue weighted by molar-refractivity contribution is -0.385. The molecule has 2 saturated heterocycles. The van der Waals surface area contributed by atoms with Crippen molar-refractivity contribution in [2.75, 3.05) is 69.1 Å². The second kappa shape index (κ2) is 18.2. The van der Waals surface area contributed by atoms with Crippen LogP contribution in [0.25, 0.3) is 16.6 Å². The number of aromatic amines is 1. The van der Waals surface area contributed by atoms with Gasteiger partial charge in [-0.3, -0.25) is 19.8 Å². The minimum atomic E-state index is -4.57. The molecule has 16 heteroatoms. The standard InChI is InChI=1S/C48H55ClN8O6S/c1-48(2)14-12-35(42(27-48)33-6-8-36(49)9-7-33)31-55-18-20-56(21-19-55)37-10-11-40(45(24-37)63-38-23-34-13-15-50-46(34)52-29-38)47(58)53-64(61,62)39-25-43-41(44(26-39)57(59)60)22-32(28-51-43)30-54-16-4-3-5-17-54/h6-11,13,15,23-26,29,32,51H,3-5,12,14,16-22,27-28,30-31H2,1-2H3,(H,50,52)(H,53,58)/t32-/m1/s1. The lowest BCUT2D eigenvalue weighted by Crippen LogP contribution is -2.47. The molecule has 0 saturated carbocycles. The summed E-state index contributed by atoms with van der Waals surface area (Å²) in [5.74, 6) is -0.283. The largest absolute Gasteiger partial charge is 0.455 e. The SMILES string of the molecule is CC1(C)CCC(CN2CCN(c3ccc(C(=O)NS(=O)(=O)c4cc5c(c([N+](=O)[O-])c4)C[C@@H](CN4CCCCC4)CN5)c(Oc4cnc5[nH]ccc5c4)c3)CC2)=C(c2ccc(Cl)cc2)C1. The molecule has 0 radical (unpaired) electrons. The number of carbonyl (C=O) groups excluding carboxylic acids is 1. The first-order valence-electron chi connectivity index (χ1n) is 22.3. The lowest BCUT2D eigenvalue weighted by Gasteiger charge is -2.39. The maximum Gasteiger partial charge on any atom is 0.276 e. The Kier molecular flexibility index (Phi) is 12.4. The molecule has 0 spiro atoms. The highest BCUT2D eigenvalue weighted by Gasteiger charge is 2.33. The van der Waals surface area contributed by atoms with E-state index >= 15 is 0 Å². The quantitative estimate of drug-likeness (QED) is 0.0809. The molecule has 3 aliphatic heterocycles. The summed E-state index contributed by atoms with van der Waals surface area (Å²) in [5, 5.41) is 17.2. The summed E-state index contributed by atoms with van der Waals surface area (Å²) in [6, 6.07) is 19.4. The summed E-state index contributed by atoms with van der Waals surface area (Å²) >= 11 is 6.25. The first-order valence-corrected chi connectivity index (χ1v) is 24.2. The number of aromatic nitrogens is 2. The number of carbonyl (C=O) groups is 1. The van der Waals surface area contributed by atoms with E-state index in [-0.39, 0.29) is 33.2 Å². The lowest BCUT2D eigenvalue weighted by atomic mass is 9.72. The highest BCUT2D eigenvalue weighted by Crippen LogP contribution is 2.44. The van der Waals surface area contributed by atoms with Gasteiger partial charge in [0.25, 0.3) is 21.6 Å². The molecule has 9 rings (SSSR count). The highest BCUT2D eigenvalue weighted by molar-refractivity contribution is 7.90. The highest BCUT2D eigenvalue weighted by atomic mass is 35.5. The molecule has 1 aliphatic carbocycles. The zero-order valence-electron chi connectivity index (χ0n) is 36.4. The summed E-state index contributed by atoms with van der Waals surface area (Å²) in [6.07, 6.45) is 10.5. The van der Waals surface area contributed by atoms with E-state index in [2.05, 4.69) is 60.7 Å². The van der Waals surface area contributed by atoms with E-state index in [4.69, 9.17) is 16.3 Å². The van der Waals surface area contributed by atoms with Gasteiger partial charge in [0.15, 0.2) is 0 Å². The number of nitro groups is 1. The van der Waals surface area contributed by atoms with Crippen molar-refractivity contribution in [3.8, 4) is 11.5 Å². The van der Waals surface area contributed by atoms with Crippen molar-refractivity contribution in [3.05, 3.63) is 117 Å². The first-order chi connectivity index (χ1) is 30.8. The van der Waals surface area contributed by atoms with E-state index in [1.54, 1.807) is 36.7 Å². The fourth-order valence-electron chi connectivity index (χ4n) is 9.79. The second-order valence-electron chi connectivity index (χ2n) is 18.5. The summed E-state index contributed by atoms with van der Waals surface area (Å²) in [6.45, 7) is 12.1. The van der Waals surface area contributed by atoms with Gasteiger partial charge in [-0.05, 0) is 117 Å². The first kappa shape index (κ1) is 43.8. The number of nitro benzene ring substituents is 1. The molecule has 5 heterocycles. The molecule has 2 aromatic heterocycles. The van der Waals surface area contributed by atoms with Crippen molar-refractivity contribution in [2.24, 2.45) is 11.3 Å². The van der Waals surface area contributed by atoms with Crippen LogP contribution < -0.4 is 19.7 Å². The number of H-pyrrole nitrogens is 1. The predicted molar refractivity (Wildman–Crippen MR) is 251 cm³/mol. The van der Waals surface area contributed by atoms with Gasteiger partial charge >= 0.3 is 0 Å². The van der Waals surface area contributed by atoms with Crippen LogP contribution in [0.15, 0.2) is 89.6 Å². The number of hydrogen-bond donors (Lipinski definition) is 3. The number of nitrogens with zero attached hydrogens (tertiary/aromatic N) is 5. The number of sulfonamides is 1. The molecule has 1 amide bonds. The number of anilines is 2. The number of rotatable bonds is 12. The van der Waals surface area contributed by atoms with Crippen LogP contribution in [0.1, 0.15) is 73.9 Å². The molecule has 3 aromatic carbocycles. The zero-order valence-corrected chi connectivity index (χ0v) is 37.9. The van der Waals surface area contributed by atoms with Crippen LogP contribution in [0, 0.1) is 21.4 Å². The molecular weight excluding hydrogens is 852 g/mol. The van der Waals surface area contributed by atoms with E-state index < -0.39 is 20.9 Å². The Bertz CT molecular complexity index is 2710. The van der Waals surface area contributed by atoms with Crippen LogP contribution in [0.5, 0.6) is 11.5 Å². The van der Waals surface area contributed by atoms with Gasteiger partial charge in [0, 0.05) is 85.9 Å². The number of pyridine rings is 1. The molecule has 336 valence electrons. The average Bonchev–Trinajstić information content (AvgIpc) is 3.75. The summed E-state index contributed by atoms with van der Waals surface area (Å²) in [5.41, 5.74) is 6.39. The maximum absolute atomic E-state index is 14.1. The maximum atomic E-state index is 14.1. The van der Waals surface area contributed by atoms with Crippen molar-refractivity contribution >= 4 is 61.2 Å². The van der Waals surface area contributed by atoms with Crippen LogP contribution in [-0.2, 0) is 16.4 Å². The number of ether oxygens (including phenoxy) is 1. The summed E-state index contributed by atoms with van der Waals surface area (Å²) in [7, 11) is -4.57. The zero-order chi connectivity index (χ0) is 44.6. The number of likely N-dealkylation sites (tertiary alicyclic amines) is 1. The molecule has 5 aromatic rings. The second-order valence-corrected chi connectivity index (χ2v) is 20.7. The molecule has 64 heavy (non-hydrogen) atoms. The van der Waals surface area contributed by atoms with Gasteiger partial charge in [0.1, 0.15) is 17.1 Å². The molecule has 2 fully saturated rings. The minimum Gasteiger partial charge on any atom is -0.455 e. The number of amides is 1. The Hall–Kier alpha value is -5.48. The fraction of sp³-hybridized carbons (Fsp3) is 0.417. The Morgan fingerprint density at radius 1 is 0.984 bits per heavy atom. The van der Waals surface area contributed by atoms with Crippen LogP contribution in [0.4, 0.5) is 17.1 Å². The van der Waals surface area contributed by atoms with Gasteiger partial charge in [-0.1, -0.05) is 49.6 Å². The number of nitrogens with one attached hydrogen (secondary N) is 3. The third-order valence-corrected chi connectivity index (χ3v) is 14.9. The molecule has 3 N–H and O–H groups in total. The minimum absolute atomic E-state index is 0.0202. The van der Waals surface area contributed by atoms with Crippen molar-refractivity contribution < 1.29 is 22.9 Å². The summed E-state index contributed by atoms with van der Waals surface area (Å²) in [4.78, 5) is 40.2. The number of benzene rings is 3. The topological polar surface area (TPSA) is 166 Å². The Morgan fingerprint density at radius 2 is 1.77 bits per heavy atom. The fourth-order valence-corrected chi connectivity index (χ4v) is 10.9. The Morgan fingerprint density at radius 3 is 2.53 bits per heavy atom. The summed E-state index contributed by atoms with van der Waals surface area (Å²) < 4.78 is 36.5. The Balaban J connectivity index is 0.938. The molecule has 0 bridgehead atoms. The monoisotopic (exact) mass is 906 g/mol. The van der Waals surface area contributed by atoms with Gasteiger partial charge < -0.3 is 24.8 Å². The van der Waals surface area contributed by atoms with Gasteiger partial charge in [0.05, 0.1) is 27.1 Å². The van der Waals surface area contributed by atoms with E-state index in [1.807, 2.05) is 18.2 Å². The molecule has 1 atom stereocenters. The van der Waals surface area contributed by atoms with E-state index in [0.717, 1.165) is 107 Å². The van der Waals surface area contributed by atoms with Crippen LogP contribution in [0.2, 0.25) is 5.02 Å². The number of piperazine rings is 1. The van der Waals surface area contributed by atoms with Crippen molar-refractivity contribution in [2.45, 2.75) is 63.7 Å². The average molecular weight is 908 g/mol. The van der Waals surface area contributed by atoms with Gasteiger partial charge in [-0.2, -0.15) is 0 Å². The van der Waals surface area contributed by atoms with Crippen molar-refractivity contribution in [3.63, 3.8) is 0 Å². The van der Waals surface area contributed by atoms with E-state index in [1.165, 1.54) is 29.2 Å². The van der Waals surface area contributed by atoms with Crippen LogP contribution in [0.3, 0.4) is 0 Å². The van der Waals surface area contributed by atoms with Crippen LogP contribution in [-0.4, -0.2) is 97.9 Å². The molecule has 4 aliphatic rings. The number of fused-ring (bicyclic) bond motifs is 2. The number of allylic oxidation sites excluding steroid dienone is 1. The third kappa shape index (κ3) is 9.77. The van der Waals surface area contributed by atoms with Crippen molar-refractivity contribution in [1.29, 1.82) is 0 Å². The third-order valence-electron chi connectivity index (χ3n) is 13.3. The molecular formula is C48H55ClN8O6S. The van der Waals surface area contributed by atoms with Crippen LogP contribution >= 0.6 is 11.6 Å². The normalized spacial score (nSPS) is 19.5. The van der Waals surface area contributed by atoms with E-state index in [9.17, 15) is 23.3 Å². The number of halogens is 1. The van der Waals surface area contributed by atoms with Crippen molar-refractivity contribution in [1.82, 2.24) is 24.5 Å². The number of piperidine rings is 1. The predicted octanol–water partition coefficient (Wildman–Crippen LogP) is 8.89.